The van der Waals surface area contributed by atoms with Crippen LogP contribution >= 0.6 is 0 Å². The minimum atomic E-state index is 0.00484. The Labute approximate surface area is 113 Å². The van der Waals surface area contributed by atoms with Crippen molar-refractivity contribution in [3.8, 4) is 0 Å². The Morgan fingerprint density at radius 1 is 1.32 bits per heavy atom. The van der Waals surface area contributed by atoms with E-state index in [4.69, 9.17) is 9.26 Å². The van der Waals surface area contributed by atoms with E-state index in [1.807, 2.05) is 0 Å². The van der Waals surface area contributed by atoms with Gasteiger partial charge in [0.15, 0.2) is 5.82 Å². The van der Waals surface area contributed by atoms with Crippen LogP contribution in [-0.2, 0) is 4.74 Å². The molecule has 0 spiro atoms. The Morgan fingerprint density at radius 2 is 2.16 bits per heavy atom. The summed E-state index contributed by atoms with van der Waals surface area (Å²) in [4.78, 5) is 6.93. The molecule has 19 heavy (non-hydrogen) atoms. The molecule has 2 atom stereocenters. The lowest BCUT2D eigenvalue weighted by Crippen LogP contribution is -2.44. The lowest BCUT2D eigenvalue weighted by molar-refractivity contribution is -0.00459. The molecule has 0 amide bonds. The average molecular weight is 266 g/mol. The fraction of sp³-hybridized carbons (Fsp3) is 0.846. The van der Waals surface area contributed by atoms with Crippen LogP contribution in [0.5, 0.6) is 0 Å². The van der Waals surface area contributed by atoms with E-state index in [-0.39, 0.29) is 12.1 Å². The molecule has 3 heterocycles. The lowest BCUT2D eigenvalue weighted by atomic mass is 10.1. The highest BCUT2D eigenvalue weighted by Gasteiger charge is 2.26. The zero-order valence-corrected chi connectivity index (χ0v) is 11.5. The molecule has 0 radical (unpaired) electrons. The predicted octanol–water partition coefficient (Wildman–Crippen LogP) is 1.28. The zero-order chi connectivity index (χ0) is 13.1. The van der Waals surface area contributed by atoms with E-state index in [0.29, 0.717) is 5.89 Å². The van der Waals surface area contributed by atoms with Gasteiger partial charge >= 0.3 is 0 Å². The fourth-order valence-electron chi connectivity index (χ4n) is 2.72. The third kappa shape index (κ3) is 2.96. The largest absolute Gasteiger partial charge is 0.368 e. The first kappa shape index (κ1) is 13.0. The van der Waals surface area contributed by atoms with Gasteiger partial charge in [0.1, 0.15) is 6.10 Å². The van der Waals surface area contributed by atoms with E-state index in [0.717, 1.165) is 51.5 Å². The smallest absolute Gasteiger partial charge is 0.255 e. The second-order valence-corrected chi connectivity index (χ2v) is 5.31. The van der Waals surface area contributed by atoms with Gasteiger partial charge < -0.3 is 14.6 Å². The van der Waals surface area contributed by atoms with Crippen LogP contribution in [0.2, 0.25) is 0 Å². The van der Waals surface area contributed by atoms with Crippen LogP contribution < -0.4 is 5.32 Å². The van der Waals surface area contributed by atoms with Crippen molar-refractivity contribution in [3.05, 3.63) is 11.7 Å². The summed E-state index contributed by atoms with van der Waals surface area (Å²) in [5, 5.41) is 7.49. The van der Waals surface area contributed by atoms with Crippen molar-refractivity contribution in [3.63, 3.8) is 0 Å². The standard InChI is InChI=1S/C13H22N4O2/c1-10(17-7-5-14-6-8-17)12-15-13(19-16-12)11-4-2-3-9-18-11/h10-11,14H,2-9H2,1H3. The van der Waals surface area contributed by atoms with Gasteiger partial charge in [0, 0.05) is 32.8 Å². The van der Waals surface area contributed by atoms with Crippen molar-refractivity contribution in [2.24, 2.45) is 0 Å². The van der Waals surface area contributed by atoms with Gasteiger partial charge in [0.25, 0.3) is 5.89 Å². The maximum Gasteiger partial charge on any atom is 0.255 e. The zero-order valence-electron chi connectivity index (χ0n) is 11.5. The molecule has 2 fully saturated rings. The Balaban J connectivity index is 1.65. The van der Waals surface area contributed by atoms with Crippen molar-refractivity contribution in [2.75, 3.05) is 32.8 Å². The van der Waals surface area contributed by atoms with Gasteiger partial charge in [0.2, 0.25) is 0 Å². The lowest BCUT2D eigenvalue weighted by Gasteiger charge is -2.30. The number of nitrogens with one attached hydrogen (secondary N) is 1. The monoisotopic (exact) mass is 266 g/mol. The van der Waals surface area contributed by atoms with Crippen LogP contribution in [0, 0.1) is 0 Å². The van der Waals surface area contributed by atoms with E-state index < -0.39 is 0 Å². The van der Waals surface area contributed by atoms with E-state index in [2.05, 4.69) is 27.3 Å². The summed E-state index contributed by atoms with van der Waals surface area (Å²) in [6, 6.07) is 0.211. The number of nitrogens with zero attached hydrogens (tertiary/aromatic N) is 3. The van der Waals surface area contributed by atoms with E-state index in [1.54, 1.807) is 0 Å². The summed E-state index contributed by atoms with van der Waals surface area (Å²) in [5.41, 5.74) is 0. The molecule has 3 rings (SSSR count). The Kier molecular flexibility index (Phi) is 4.10. The van der Waals surface area contributed by atoms with Gasteiger partial charge in [-0.25, -0.2) is 0 Å². The molecule has 2 saturated heterocycles. The molecule has 6 heteroatoms. The summed E-state index contributed by atoms with van der Waals surface area (Å²) >= 11 is 0. The van der Waals surface area contributed by atoms with Gasteiger partial charge in [-0.1, -0.05) is 5.16 Å². The van der Waals surface area contributed by atoms with Gasteiger partial charge in [-0.05, 0) is 26.2 Å². The van der Waals surface area contributed by atoms with Gasteiger partial charge in [-0.3, -0.25) is 4.90 Å². The Hall–Kier alpha value is -0.980. The second kappa shape index (κ2) is 5.98. The number of hydrogen-bond donors (Lipinski definition) is 1. The molecular weight excluding hydrogens is 244 g/mol. The third-order valence-corrected chi connectivity index (χ3v) is 3.99. The number of piperazine rings is 1. The normalized spacial score (nSPS) is 27.3. The number of ether oxygens (including phenoxy) is 1. The number of rotatable bonds is 3. The van der Waals surface area contributed by atoms with Gasteiger partial charge in [0.05, 0.1) is 6.04 Å². The quantitative estimate of drug-likeness (QED) is 0.889. The van der Waals surface area contributed by atoms with E-state index >= 15 is 0 Å². The fourth-order valence-corrected chi connectivity index (χ4v) is 2.72. The summed E-state index contributed by atoms with van der Waals surface area (Å²) < 4.78 is 11.1. The molecule has 2 aliphatic heterocycles. The molecule has 0 aromatic carbocycles. The van der Waals surface area contributed by atoms with Crippen LogP contribution in [0.15, 0.2) is 4.52 Å². The summed E-state index contributed by atoms with van der Waals surface area (Å²) in [6.07, 6.45) is 3.30. The van der Waals surface area contributed by atoms with Crippen LogP contribution in [0.25, 0.3) is 0 Å². The van der Waals surface area contributed by atoms with E-state index in [9.17, 15) is 0 Å². The molecule has 0 saturated carbocycles. The highest BCUT2D eigenvalue weighted by Crippen LogP contribution is 2.28. The molecule has 6 nitrogen and oxygen atoms in total. The Bertz CT molecular complexity index is 397. The maximum absolute atomic E-state index is 5.68. The number of aromatic nitrogens is 2. The topological polar surface area (TPSA) is 63.4 Å². The average Bonchev–Trinajstić information content (AvgIpc) is 2.98. The van der Waals surface area contributed by atoms with Crippen molar-refractivity contribution in [1.29, 1.82) is 0 Å². The molecule has 106 valence electrons. The molecule has 1 aromatic heterocycles. The van der Waals surface area contributed by atoms with Crippen molar-refractivity contribution in [2.45, 2.75) is 38.3 Å². The summed E-state index contributed by atoms with van der Waals surface area (Å²) in [6.45, 7) is 7.06. The molecule has 2 aliphatic rings. The predicted molar refractivity (Wildman–Crippen MR) is 69.7 cm³/mol. The van der Waals surface area contributed by atoms with Gasteiger partial charge in [-0.15, -0.1) is 0 Å². The minimum Gasteiger partial charge on any atom is -0.368 e. The first-order chi connectivity index (χ1) is 9.34. The Morgan fingerprint density at radius 3 is 2.89 bits per heavy atom. The SMILES string of the molecule is CC(c1noc(C2CCCCO2)n1)N1CCNCC1. The van der Waals surface area contributed by atoms with Crippen molar-refractivity contribution >= 4 is 0 Å². The van der Waals surface area contributed by atoms with Crippen LogP contribution in [0.1, 0.15) is 50.0 Å². The highest BCUT2D eigenvalue weighted by atomic mass is 16.5. The molecule has 1 N–H and O–H groups in total. The van der Waals surface area contributed by atoms with Crippen molar-refractivity contribution in [1.82, 2.24) is 20.4 Å². The maximum atomic E-state index is 5.68. The first-order valence-corrected chi connectivity index (χ1v) is 7.24. The molecule has 0 aliphatic carbocycles. The number of hydrogen-bond acceptors (Lipinski definition) is 6. The van der Waals surface area contributed by atoms with E-state index in [1.165, 1.54) is 6.42 Å². The van der Waals surface area contributed by atoms with Crippen LogP contribution in [0.3, 0.4) is 0 Å². The first-order valence-electron chi connectivity index (χ1n) is 7.24. The highest BCUT2D eigenvalue weighted by molar-refractivity contribution is 4.97. The molecule has 1 aromatic rings. The molecule has 2 unspecified atom stereocenters. The minimum absolute atomic E-state index is 0.00484. The third-order valence-electron chi connectivity index (χ3n) is 3.99. The van der Waals surface area contributed by atoms with Gasteiger partial charge in [-0.2, -0.15) is 4.98 Å². The molecule has 0 bridgehead atoms. The molecular formula is C13H22N4O2. The van der Waals surface area contributed by atoms with Crippen LogP contribution in [0.4, 0.5) is 0 Å². The second-order valence-electron chi connectivity index (χ2n) is 5.31. The van der Waals surface area contributed by atoms with Crippen LogP contribution in [-0.4, -0.2) is 47.8 Å². The van der Waals surface area contributed by atoms with Crippen molar-refractivity contribution < 1.29 is 9.26 Å². The summed E-state index contributed by atoms with van der Waals surface area (Å²) in [5.74, 6) is 1.43. The summed E-state index contributed by atoms with van der Waals surface area (Å²) in [7, 11) is 0.